The third kappa shape index (κ3) is 8.88. The van der Waals surface area contributed by atoms with Crippen LogP contribution in [0.1, 0.15) is 66.3 Å². The van der Waals surface area contributed by atoms with Crippen molar-refractivity contribution in [2.45, 2.75) is 96.9 Å². The quantitative estimate of drug-likeness (QED) is 0.178. The zero-order valence-electron chi connectivity index (χ0n) is 28.1. The van der Waals surface area contributed by atoms with Gasteiger partial charge in [-0.05, 0) is 63.4 Å². The Morgan fingerprint density at radius 1 is 0.979 bits per heavy atom. The van der Waals surface area contributed by atoms with Crippen molar-refractivity contribution in [2.75, 3.05) is 0 Å². The standard InChI is InChI=1S/C34H43N5O9/c1-18(2)28(39-30(43)24(36-20(4)40)16-21-12-14-22(15-13-21)47-33(5,6)7)31(44)35-19(3)29(42)38-26-17-27(41)48-34(26,45)32-37-23-10-8-9-11-25(23)46-32/h8-15,18-19,24,26,28,45H,16-17H2,1-7H3,(H,35,44)(H,36,40)(H,38,42)(H,39,43)/t19-,24-,26-,28+,34?/m0/s1. The second kappa shape index (κ2) is 14.4. The van der Waals surface area contributed by atoms with E-state index in [0.29, 0.717) is 16.8 Å². The van der Waals surface area contributed by atoms with E-state index < -0.39 is 65.5 Å². The summed E-state index contributed by atoms with van der Waals surface area (Å²) in [5, 5.41) is 21.7. The van der Waals surface area contributed by atoms with Crippen molar-refractivity contribution in [2.24, 2.45) is 5.92 Å². The van der Waals surface area contributed by atoms with Crippen LogP contribution in [0.5, 0.6) is 5.75 Å². The Morgan fingerprint density at radius 3 is 2.25 bits per heavy atom. The minimum atomic E-state index is -2.37. The minimum Gasteiger partial charge on any atom is -0.488 e. The lowest BCUT2D eigenvalue weighted by molar-refractivity contribution is -0.210. The lowest BCUT2D eigenvalue weighted by atomic mass is 10.0. The van der Waals surface area contributed by atoms with Gasteiger partial charge in [0.1, 0.15) is 41.0 Å². The highest BCUT2D eigenvalue weighted by Gasteiger charge is 2.54. The molecule has 4 rings (SSSR count). The van der Waals surface area contributed by atoms with Gasteiger partial charge in [0.15, 0.2) is 5.58 Å². The summed E-state index contributed by atoms with van der Waals surface area (Å²) in [4.78, 5) is 68.4. The van der Waals surface area contributed by atoms with E-state index in [2.05, 4.69) is 26.3 Å². The first-order chi connectivity index (χ1) is 22.4. The molecule has 2 aromatic carbocycles. The topological polar surface area (TPSA) is 198 Å². The van der Waals surface area contributed by atoms with E-state index in [1.165, 1.54) is 13.8 Å². The van der Waals surface area contributed by atoms with E-state index in [1.54, 1.807) is 62.4 Å². The first kappa shape index (κ1) is 35.9. The van der Waals surface area contributed by atoms with Gasteiger partial charge in [-0.3, -0.25) is 24.0 Å². The van der Waals surface area contributed by atoms with Crippen molar-refractivity contribution in [3.8, 4) is 5.75 Å². The first-order valence-corrected chi connectivity index (χ1v) is 15.7. The molecule has 4 amide bonds. The molecule has 0 radical (unpaired) electrons. The molecule has 2 heterocycles. The largest absolute Gasteiger partial charge is 0.488 e. The first-order valence-electron chi connectivity index (χ1n) is 15.7. The number of aromatic nitrogens is 1. The molecule has 5 atom stereocenters. The third-order valence-electron chi connectivity index (χ3n) is 7.51. The molecule has 1 aliphatic rings. The second-order valence-electron chi connectivity index (χ2n) is 13.2. The zero-order chi connectivity index (χ0) is 35.4. The van der Waals surface area contributed by atoms with E-state index in [9.17, 15) is 29.1 Å². The van der Waals surface area contributed by atoms with Crippen LogP contribution in [0.15, 0.2) is 52.9 Å². The van der Waals surface area contributed by atoms with Crippen LogP contribution < -0.4 is 26.0 Å². The minimum absolute atomic E-state index is 0.150. The fourth-order valence-corrected chi connectivity index (χ4v) is 5.15. The predicted molar refractivity (Wildman–Crippen MR) is 173 cm³/mol. The van der Waals surface area contributed by atoms with Gasteiger partial charge in [-0.25, -0.2) is 4.98 Å². The number of carbonyl (C=O) groups excluding carboxylic acids is 5. The Morgan fingerprint density at radius 2 is 1.65 bits per heavy atom. The molecular formula is C34H43N5O9. The normalized spacial score (nSPS) is 19.6. The molecule has 1 aromatic heterocycles. The number of aliphatic hydroxyl groups is 1. The molecule has 0 saturated carbocycles. The third-order valence-corrected chi connectivity index (χ3v) is 7.51. The predicted octanol–water partition coefficient (Wildman–Crippen LogP) is 1.97. The maximum atomic E-state index is 13.4. The highest BCUT2D eigenvalue weighted by molar-refractivity contribution is 5.94. The SMILES string of the molecule is CC(=O)N[C@@H](Cc1ccc(OC(C)(C)C)cc1)C(=O)N[C@@H](C(=O)N[C@@H](C)C(=O)N[C@H]1CC(=O)OC1(O)c1nc2ccccc2o1)C(C)C. The van der Waals surface area contributed by atoms with E-state index in [0.717, 1.165) is 5.56 Å². The number of rotatable bonds is 12. The summed E-state index contributed by atoms with van der Waals surface area (Å²) in [6, 6.07) is 9.38. The Labute approximate surface area is 278 Å². The van der Waals surface area contributed by atoms with Crippen LogP contribution >= 0.6 is 0 Å². The Hall–Kier alpha value is -4.98. The van der Waals surface area contributed by atoms with Gasteiger partial charge in [-0.1, -0.05) is 38.1 Å². The molecule has 3 aromatic rings. The summed E-state index contributed by atoms with van der Waals surface area (Å²) < 4.78 is 16.6. The molecule has 14 heteroatoms. The van der Waals surface area contributed by atoms with Crippen molar-refractivity contribution in [1.82, 2.24) is 26.3 Å². The molecule has 1 aliphatic heterocycles. The Bertz CT molecular complexity index is 1630. The fourth-order valence-electron chi connectivity index (χ4n) is 5.15. The number of ether oxygens (including phenoxy) is 2. The number of hydrogen-bond donors (Lipinski definition) is 5. The molecule has 48 heavy (non-hydrogen) atoms. The van der Waals surface area contributed by atoms with Gasteiger partial charge in [0, 0.05) is 13.3 Å². The van der Waals surface area contributed by atoms with Gasteiger partial charge in [-0.2, -0.15) is 0 Å². The van der Waals surface area contributed by atoms with Crippen LogP contribution in [0.3, 0.4) is 0 Å². The number of nitrogens with zero attached hydrogens (tertiary/aromatic N) is 1. The summed E-state index contributed by atoms with van der Waals surface area (Å²) >= 11 is 0. The van der Waals surface area contributed by atoms with E-state index in [1.807, 2.05) is 20.8 Å². The molecule has 1 unspecified atom stereocenters. The number of nitrogens with one attached hydrogen (secondary N) is 4. The monoisotopic (exact) mass is 665 g/mol. The lowest BCUT2D eigenvalue weighted by Crippen LogP contribution is -2.59. The van der Waals surface area contributed by atoms with Gasteiger partial charge in [0.05, 0.1) is 6.42 Å². The van der Waals surface area contributed by atoms with Gasteiger partial charge in [0.25, 0.3) is 5.89 Å². The van der Waals surface area contributed by atoms with Crippen molar-refractivity contribution in [3.05, 3.63) is 60.0 Å². The molecule has 14 nitrogen and oxygen atoms in total. The number of carbonyl (C=O) groups is 5. The molecule has 0 spiro atoms. The number of hydrogen-bond acceptors (Lipinski definition) is 10. The van der Waals surface area contributed by atoms with Crippen molar-refractivity contribution in [3.63, 3.8) is 0 Å². The van der Waals surface area contributed by atoms with Crippen molar-refractivity contribution in [1.29, 1.82) is 0 Å². The maximum absolute atomic E-state index is 13.4. The number of cyclic esters (lactones) is 1. The summed E-state index contributed by atoms with van der Waals surface area (Å²) in [7, 11) is 0. The van der Waals surface area contributed by atoms with Crippen LogP contribution in [-0.4, -0.2) is 69.5 Å². The van der Waals surface area contributed by atoms with Crippen molar-refractivity contribution >= 4 is 40.7 Å². The smallest absolute Gasteiger partial charge is 0.311 e. The zero-order valence-corrected chi connectivity index (χ0v) is 28.1. The number of benzene rings is 2. The highest BCUT2D eigenvalue weighted by atomic mass is 16.7. The van der Waals surface area contributed by atoms with Gasteiger partial charge in [-0.15, -0.1) is 0 Å². The highest BCUT2D eigenvalue weighted by Crippen LogP contribution is 2.35. The van der Waals surface area contributed by atoms with Crippen LogP contribution in [0.4, 0.5) is 0 Å². The van der Waals surface area contributed by atoms with E-state index in [-0.39, 0.29) is 24.3 Å². The summed E-state index contributed by atoms with van der Waals surface area (Å²) in [5.74, 6) is -5.60. The summed E-state index contributed by atoms with van der Waals surface area (Å²) in [6.07, 6.45) is -0.221. The molecule has 5 N–H and O–H groups in total. The second-order valence-corrected chi connectivity index (χ2v) is 13.2. The average Bonchev–Trinajstić information content (AvgIpc) is 3.56. The van der Waals surface area contributed by atoms with E-state index in [4.69, 9.17) is 13.9 Å². The van der Waals surface area contributed by atoms with Crippen LogP contribution in [0.2, 0.25) is 0 Å². The van der Waals surface area contributed by atoms with Crippen LogP contribution in [0, 0.1) is 5.92 Å². The Balaban J connectivity index is 1.40. The van der Waals surface area contributed by atoms with Crippen LogP contribution in [-0.2, 0) is 40.9 Å². The maximum Gasteiger partial charge on any atom is 0.311 e. The number of para-hydroxylation sites is 2. The number of esters is 1. The van der Waals surface area contributed by atoms with Gasteiger partial charge < -0.3 is 40.3 Å². The number of amides is 4. The Kier molecular flexibility index (Phi) is 10.8. The fraction of sp³-hybridized carbons (Fsp3) is 0.471. The molecule has 258 valence electrons. The summed E-state index contributed by atoms with van der Waals surface area (Å²) in [6.45, 7) is 11.9. The summed E-state index contributed by atoms with van der Waals surface area (Å²) in [5.41, 5.74) is 1.14. The van der Waals surface area contributed by atoms with Gasteiger partial charge in [0.2, 0.25) is 23.6 Å². The van der Waals surface area contributed by atoms with Crippen molar-refractivity contribution < 1.29 is 43.0 Å². The molecule has 1 saturated heterocycles. The van der Waals surface area contributed by atoms with Crippen LogP contribution in [0.25, 0.3) is 11.1 Å². The molecule has 0 aliphatic carbocycles. The average molecular weight is 666 g/mol. The van der Waals surface area contributed by atoms with Gasteiger partial charge >= 0.3 is 11.8 Å². The molecule has 0 bridgehead atoms. The van der Waals surface area contributed by atoms with E-state index >= 15 is 0 Å². The molecular weight excluding hydrogens is 622 g/mol. The lowest BCUT2D eigenvalue weighted by Gasteiger charge is -2.28. The molecule has 1 fully saturated rings. The number of fused-ring (bicyclic) bond motifs is 1. The number of oxazole rings is 1.